The summed E-state index contributed by atoms with van der Waals surface area (Å²) in [5, 5.41) is 0.777. The summed E-state index contributed by atoms with van der Waals surface area (Å²) in [6.45, 7) is 2.17. The molecule has 3 aromatic carbocycles. The SMILES string of the molecule is CCOc1cc(/C=C2/N=C(c3ccc(Cl)cc3Cl)OC2=O)ccc1OC(=O)c1ccccc1. The fourth-order valence-corrected chi connectivity index (χ4v) is 3.53. The Morgan fingerprint density at radius 1 is 1.03 bits per heavy atom. The number of carbonyl (C=O) groups excluding carboxylic acids is 2. The normalized spacial score (nSPS) is 14.1. The summed E-state index contributed by atoms with van der Waals surface area (Å²) < 4.78 is 16.4. The lowest BCUT2D eigenvalue weighted by molar-refractivity contribution is -0.129. The van der Waals surface area contributed by atoms with Crippen molar-refractivity contribution in [2.24, 2.45) is 4.99 Å². The fraction of sp³-hybridized carbons (Fsp3) is 0.0800. The molecule has 4 rings (SSSR count). The van der Waals surface area contributed by atoms with Crippen molar-refractivity contribution in [3.8, 4) is 11.5 Å². The predicted octanol–water partition coefficient (Wildman–Crippen LogP) is 5.96. The van der Waals surface area contributed by atoms with E-state index in [0.717, 1.165) is 0 Å². The minimum Gasteiger partial charge on any atom is -0.490 e. The van der Waals surface area contributed by atoms with Gasteiger partial charge in [-0.15, -0.1) is 0 Å². The minimum absolute atomic E-state index is 0.0892. The van der Waals surface area contributed by atoms with Crippen molar-refractivity contribution in [3.05, 3.63) is 99.2 Å². The topological polar surface area (TPSA) is 74.2 Å². The van der Waals surface area contributed by atoms with Crippen molar-refractivity contribution in [2.45, 2.75) is 6.92 Å². The van der Waals surface area contributed by atoms with Crippen molar-refractivity contribution in [3.63, 3.8) is 0 Å². The Morgan fingerprint density at radius 2 is 1.82 bits per heavy atom. The summed E-state index contributed by atoms with van der Waals surface area (Å²) in [4.78, 5) is 29.0. The average Bonchev–Trinajstić information content (AvgIpc) is 3.16. The smallest absolute Gasteiger partial charge is 0.363 e. The molecule has 0 radical (unpaired) electrons. The fourth-order valence-electron chi connectivity index (χ4n) is 3.05. The second-order valence-corrected chi connectivity index (χ2v) is 7.70. The molecule has 166 valence electrons. The number of carbonyl (C=O) groups is 2. The first-order chi connectivity index (χ1) is 15.9. The number of nitrogens with zero attached hydrogens (tertiary/aromatic N) is 1. The van der Waals surface area contributed by atoms with E-state index in [1.807, 2.05) is 13.0 Å². The van der Waals surface area contributed by atoms with Crippen molar-refractivity contribution in [1.29, 1.82) is 0 Å². The monoisotopic (exact) mass is 481 g/mol. The zero-order valence-electron chi connectivity index (χ0n) is 17.4. The zero-order chi connectivity index (χ0) is 23.4. The summed E-state index contributed by atoms with van der Waals surface area (Å²) in [5.74, 6) is -0.414. The van der Waals surface area contributed by atoms with E-state index < -0.39 is 11.9 Å². The number of halogens is 2. The van der Waals surface area contributed by atoms with E-state index in [1.54, 1.807) is 66.7 Å². The van der Waals surface area contributed by atoms with E-state index in [9.17, 15) is 9.59 Å². The van der Waals surface area contributed by atoms with Gasteiger partial charge >= 0.3 is 11.9 Å². The van der Waals surface area contributed by atoms with Crippen LogP contribution in [0, 0.1) is 0 Å². The number of cyclic esters (lactones) is 1. The molecule has 33 heavy (non-hydrogen) atoms. The summed E-state index contributed by atoms with van der Waals surface area (Å²) in [6.07, 6.45) is 1.55. The highest BCUT2D eigenvalue weighted by Crippen LogP contribution is 2.31. The van der Waals surface area contributed by atoms with Crippen LogP contribution in [-0.4, -0.2) is 24.4 Å². The number of esters is 2. The molecule has 0 saturated heterocycles. The molecule has 6 nitrogen and oxygen atoms in total. The Labute approximate surface area is 200 Å². The predicted molar refractivity (Wildman–Crippen MR) is 126 cm³/mol. The lowest BCUT2D eigenvalue weighted by Crippen LogP contribution is -2.09. The number of rotatable bonds is 6. The average molecular weight is 482 g/mol. The van der Waals surface area contributed by atoms with Crippen LogP contribution < -0.4 is 9.47 Å². The van der Waals surface area contributed by atoms with Crippen LogP contribution in [0.5, 0.6) is 11.5 Å². The molecule has 0 N–H and O–H groups in total. The van der Waals surface area contributed by atoms with Gasteiger partial charge in [0.25, 0.3) is 0 Å². The second-order valence-electron chi connectivity index (χ2n) is 6.85. The summed E-state index contributed by atoms with van der Waals surface area (Å²) in [5.41, 5.74) is 1.57. The number of hydrogen-bond acceptors (Lipinski definition) is 6. The molecule has 0 bridgehead atoms. The zero-order valence-corrected chi connectivity index (χ0v) is 18.9. The lowest BCUT2D eigenvalue weighted by atomic mass is 10.1. The maximum absolute atomic E-state index is 12.4. The molecule has 0 fully saturated rings. The van der Waals surface area contributed by atoms with E-state index in [4.69, 9.17) is 37.4 Å². The highest BCUT2D eigenvalue weighted by atomic mass is 35.5. The molecule has 1 aliphatic rings. The van der Waals surface area contributed by atoms with Crippen LogP contribution in [0.1, 0.15) is 28.4 Å². The Balaban J connectivity index is 1.61. The van der Waals surface area contributed by atoms with Crippen LogP contribution in [0.25, 0.3) is 6.08 Å². The number of aliphatic imine (C=N–C) groups is 1. The van der Waals surface area contributed by atoms with E-state index in [-0.39, 0.29) is 17.3 Å². The molecule has 1 aliphatic heterocycles. The largest absolute Gasteiger partial charge is 0.490 e. The van der Waals surface area contributed by atoms with Crippen LogP contribution in [0.3, 0.4) is 0 Å². The van der Waals surface area contributed by atoms with Gasteiger partial charge in [-0.2, -0.15) is 0 Å². The molecular formula is C25H17Cl2NO5. The molecule has 1 heterocycles. The van der Waals surface area contributed by atoms with E-state index in [0.29, 0.717) is 39.1 Å². The molecule has 0 amide bonds. The summed E-state index contributed by atoms with van der Waals surface area (Å²) >= 11 is 12.1. The standard InChI is InChI=1S/C25H17Cl2NO5/c1-2-31-22-13-15(8-11-21(22)32-24(29)16-6-4-3-5-7-16)12-20-25(30)33-23(28-20)18-10-9-17(26)14-19(18)27/h3-14H,2H2,1H3/b20-12+. The first-order valence-electron chi connectivity index (χ1n) is 9.96. The van der Waals surface area contributed by atoms with Crippen LogP contribution in [0.15, 0.2) is 77.4 Å². The van der Waals surface area contributed by atoms with Gasteiger partial charge in [-0.3, -0.25) is 0 Å². The van der Waals surface area contributed by atoms with Crippen LogP contribution in [0.2, 0.25) is 10.0 Å². The number of hydrogen-bond donors (Lipinski definition) is 0. The Morgan fingerprint density at radius 3 is 2.55 bits per heavy atom. The van der Waals surface area contributed by atoms with Gasteiger partial charge < -0.3 is 14.2 Å². The Kier molecular flexibility index (Phi) is 6.77. The van der Waals surface area contributed by atoms with Gasteiger partial charge in [-0.05, 0) is 61.0 Å². The molecule has 0 atom stereocenters. The highest BCUT2D eigenvalue weighted by Gasteiger charge is 2.26. The second kappa shape index (κ2) is 9.90. The van der Waals surface area contributed by atoms with E-state index in [1.165, 1.54) is 0 Å². The maximum Gasteiger partial charge on any atom is 0.363 e. The number of benzene rings is 3. The van der Waals surface area contributed by atoms with Gasteiger partial charge in [0, 0.05) is 5.02 Å². The quantitative estimate of drug-likeness (QED) is 0.246. The molecule has 0 aliphatic carbocycles. The first kappa shape index (κ1) is 22.6. The van der Waals surface area contributed by atoms with Crippen LogP contribution in [0.4, 0.5) is 0 Å². The Bertz CT molecular complexity index is 1290. The summed E-state index contributed by atoms with van der Waals surface area (Å²) in [7, 11) is 0. The third kappa shape index (κ3) is 5.25. The lowest BCUT2D eigenvalue weighted by Gasteiger charge is -2.11. The van der Waals surface area contributed by atoms with Crippen LogP contribution in [-0.2, 0) is 9.53 Å². The third-order valence-electron chi connectivity index (χ3n) is 4.57. The third-order valence-corrected chi connectivity index (χ3v) is 5.11. The van der Waals surface area contributed by atoms with Crippen molar-refractivity contribution in [2.75, 3.05) is 6.61 Å². The molecule has 8 heteroatoms. The number of ether oxygens (including phenoxy) is 3. The van der Waals surface area contributed by atoms with E-state index in [2.05, 4.69) is 4.99 Å². The van der Waals surface area contributed by atoms with Crippen molar-refractivity contribution >= 4 is 47.1 Å². The minimum atomic E-state index is -0.617. The van der Waals surface area contributed by atoms with Gasteiger partial charge in [0.15, 0.2) is 17.2 Å². The van der Waals surface area contributed by atoms with Gasteiger partial charge in [0.2, 0.25) is 5.90 Å². The van der Waals surface area contributed by atoms with Gasteiger partial charge in [-0.25, -0.2) is 14.6 Å². The van der Waals surface area contributed by atoms with Gasteiger partial charge in [0.05, 0.1) is 22.8 Å². The van der Waals surface area contributed by atoms with Crippen molar-refractivity contribution in [1.82, 2.24) is 0 Å². The molecular weight excluding hydrogens is 465 g/mol. The van der Waals surface area contributed by atoms with Gasteiger partial charge in [-0.1, -0.05) is 47.5 Å². The first-order valence-corrected chi connectivity index (χ1v) is 10.7. The summed E-state index contributed by atoms with van der Waals surface area (Å²) in [6, 6.07) is 18.4. The Hall–Kier alpha value is -3.61. The maximum atomic E-state index is 12.4. The molecule has 0 saturated carbocycles. The molecule has 0 aromatic heterocycles. The molecule has 0 spiro atoms. The molecule has 0 unspecified atom stereocenters. The van der Waals surface area contributed by atoms with Crippen LogP contribution >= 0.6 is 23.2 Å². The molecule has 3 aromatic rings. The van der Waals surface area contributed by atoms with Crippen molar-refractivity contribution < 1.29 is 23.8 Å². The highest BCUT2D eigenvalue weighted by molar-refractivity contribution is 6.37. The van der Waals surface area contributed by atoms with Gasteiger partial charge in [0.1, 0.15) is 0 Å². The van der Waals surface area contributed by atoms with E-state index >= 15 is 0 Å².